The molecule has 1 aliphatic heterocycles. The second-order valence-electron chi connectivity index (χ2n) is 5.63. The molecule has 0 aliphatic carbocycles. The van der Waals surface area contributed by atoms with Crippen LogP contribution in [-0.4, -0.2) is 44.1 Å². The Hall–Kier alpha value is -1.26. The van der Waals surface area contributed by atoms with Gasteiger partial charge >= 0.3 is 0 Å². The molecule has 1 heterocycles. The van der Waals surface area contributed by atoms with E-state index in [2.05, 4.69) is 5.32 Å². The molecule has 1 fully saturated rings. The fourth-order valence-corrected chi connectivity index (χ4v) is 2.26. The highest BCUT2D eigenvalue weighted by molar-refractivity contribution is 5.85. The van der Waals surface area contributed by atoms with E-state index in [-0.39, 0.29) is 24.2 Å². The predicted octanol–water partition coefficient (Wildman–Crippen LogP) is 2.11. The molecule has 1 N–H and O–H groups in total. The number of hydrogen-bond acceptors (Lipinski definition) is 3. The zero-order valence-corrected chi connectivity index (χ0v) is 13.8. The third-order valence-electron chi connectivity index (χ3n) is 4.00. The maximum Gasteiger partial charge on any atom is 0.225 e. The summed E-state index contributed by atoms with van der Waals surface area (Å²) in [4.78, 5) is 14.0. The third-order valence-corrected chi connectivity index (χ3v) is 4.00. The highest BCUT2D eigenvalue weighted by atomic mass is 35.5. The van der Waals surface area contributed by atoms with Gasteiger partial charge in [0.1, 0.15) is 12.4 Å². The Balaban J connectivity index is 0.00000220. The number of ether oxygens (including phenoxy) is 1. The molecular weight excluding hydrogens is 288 g/mol. The van der Waals surface area contributed by atoms with Crippen LogP contribution in [0.15, 0.2) is 24.3 Å². The van der Waals surface area contributed by atoms with Crippen LogP contribution < -0.4 is 10.1 Å². The van der Waals surface area contributed by atoms with Crippen LogP contribution >= 0.6 is 12.4 Å². The van der Waals surface area contributed by atoms with Crippen LogP contribution in [0, 0.1) is 18.8 Å². The number of hydrogen-bond donors (Lipinski definition) is 1. The molecule has 2 rings (SSSR count). The quantitative estimate of drug-likeness (QED) is 0.875. The van der Waals surface area contributed by atoms with E-state index in [0.717, 1.165) is 18.8 Å². The average Bonchev–Trinajstić information content (AvgIpc) is 2.38. The first-order valence-corrected chi connectivity index (χ1v) is 7.23. The fraction of sp³-hybridized carbons (Fsp3) is 0.562. The van der Waals surface area contributed by atoms with Crippen molar-refractivity contribution in [1.82, 2.24) is 10.2 Å². The SMILES string of the molecule is Cc1ccc(OCCN(C)C(=O)C(C)C2CNC2)cc1.Cl. The van der Waals surface area contributed by atoms with Crippen molar-refractivity contribution in [2.45, 2.75) is 13.8 Å². The van der Waals surface area contributed by atoms with Gasteiger partial charge < -0.3 is 15.0 Å². The van der Waals surface area contributed by atoms with Crippen LogP contribution in [0.1, 0.15) is 12.5 Å². The van der Waals surface area contributed by atoms with Crippen molar-refractivity contribution >= 4 is 18.3 Å². The predicted molar refractivity (Wildman–Crippen MR) is 87.1 cm³/mol. The summed E-state index contributed by atoms with van der Waals surface area (Å²) in [6.07, 6.45) is 0. The Morgan fingerprint density at radius 2 is 2.00 bits per heavy atom. The number of aryl methyl sites for hydroxylation is 1. The molecule has 1 aromatic rings. The van der Waals surface area contributed by atoms with Gasteiger partial charge in [0.2, 0.25) is 5.91 Å². The van der Waals surface area contributed by atoms with Gasteiger partial charge in [-0.2, -0.15) is 0 Å². The van der Waals surface area contributed by atoms with Crippen LogP contribution in [0.3, 0.4) is 0 Å². The molecule has 1 unspecified atom stereocenters. The van der Waals surface area contributed by atoms with Crippen molar-refractivity contribution in [2.24, 2.45) is 11.8 Å². The standard InChI is InChI=1S/C16H24N2O2.ClH/c1-12-4-6-15(7-5-12)20-9-8-18(3)16(19)13(2)14-10-17-11-14;/h4-7,13-14,17H,8-11H2,1-3H3;1H. The van der Waals surface area contributed by atoms with Crippen LogP contribution in [0.25, 0.3) is 0 Å². The summed E-state index contributed by atoms with van der Waals surface area (Å²) in [7, 11) is 1.85. The van der Waals surface area contributed by atoms with E-state index >= 15 is 0 Å². The van der Waals surface area contributed by atoms with Crippen molar-refractivity contribution in [3.63, 3.8) is 0 Å². The normalized spacial score (nSPS) is 15.6. The lowest BCUT2D eigenvalue weighted by Crippen LogP contribution is -2.50. The van der Waals surface area contributed by atoms with Gasteiger partial charge in [0.15, 0.2) is 0 Å². The number of nitrogens with one attached hydrogen (secondary N) is 1. The lowest BCUT2D eigenvalue weighted by molar-refractivity contribution is -0.136. The second-order valence-corrected chi connectivity index (χ2v) is 5.63. The van der Waals surface area contributed by atoms with E-state index in [1.54, 1.807) is 4.90 Å². The summed E-state index contributed by atoms with van der Waals surface area (Å²) in [6.45, 7) is 7.14. The summed E-state index contributed by atoms with van der Waals surface area (Å²) in [5.74, 6) is 1.65. The van der Waals surface area contributed by atoms with Crippen molar-refractivity contribution in [3.8, 4) is 5.75 Å². The largest absolute Gasteiger partial charge is 0.492 e. The van der Waals surface area contributed by atoms with Crippen LogP contribution in [0.4, 0.5) is 0 Å². The number of rotatable bonds is 6. The first kappa shape index (κ1) is 17.8. The molecule has 0 bridgehead atoms. The molecule has 0 aromatic heterocycles. The first-order chi connectivity index (χ1) is 9.58. The topological polar surface area (TPSA) is 41.6 Å². The molecular formula is C16H25ClN2O2. The monoisotopic (exact) mass is 312 g/mol. The number of nitrogens with zero attached hydrogens (tertiary/aromatic N) is 1. The van der Waals surface area contributed by atoms with E-state index < -0.39 is 0 Å². The highest BCUT2D eigenvalue weighted by Gasteiger charge is 2.30. The van der Waals surface area contributed by atoms with Crippen LogP contribution in [0.5, 0.6) is 5.75 Å². The van der Waals surface area contributed by atoms with Gasteiger partial charge in [0.25, 0.3) is 0 Å². The van der Waals surface area contributed by atoms with Crippen LogP contribution in [0.2, 0.25) is 0 Å². The third kappa shape index (κ3) is 4.90. The first-order valence-electron chi connectivity index (χ1n) is 7.23. The highest BCUT2D eigenvalue weighted by Crippen LogP contribution is 2.18. The molecule has 5 heteroatoms. The summed E-state index contributed by atoms with van der Waals surface area (Å²) in [5, 5.41) is 3.21. The van der Waals surface area contributed by atoms with Crippen molar-refractivity contribution in [2.75, 3.05) is 33.3 Å². The van der Waals surface area contributed by atoms with Gasteiger partial charge in [-0.15, -0.1) is 12.4 Å². The van der Waals surface area contributed by atoms with Crippen molar-refractivity contribution < 1.29 is 9.53 Å². The minimum absolute atomic E-state index is 0. The Labute approximate surface area is 133 Å². The molecule has 0 radical (unpaired) electrons. The number of benzene rings is 1. The van der Waals surface area contributed by atoms with E-state index in [9.17, 15) is 4.79 Å². The number of carbonyl (C=O) groups is 1. The van der Waals surface area contributed by atoms with Gasteiger partial charge in [0.05, 0.1) is 6.54 Å². The molecule has 118 valence electrons. The maximum absolute atomic E-state index is 12.2. The fourth-order valence-electron chi connectivity index (χ4n) is 2.26. The molecule has 0 saturated carbocycles. The molecule has 21 heavy (non-hydrogen) atoms. The molecule has 1 aromatic carbocycles. The minimum atomic E-state index is 0. The van der Waals surface area contributed by atoms with Crippen LogP contribution in [-0.2, 0) is 4.79 Å². The summed E-state index contributed by atoms with van der Waals surface area (Å²) in [5.41, 5.74) is 1.22. The van der Waals surface area contributed by atoms with E-state index in [4.69, 9.17) is 4.74 Å². The van der Waals surface area contributed by atoms with Gasteiger partial charge in [-0.05, 0) is 38.1 Å². The van der Waals surface area contributed by atoms with Gasteiger partial charge in [0, 0.05) is 13.0 Å². The number of likely N-dealkylation sites (N-methyl/N-ethyl adjacent to an activating group) is 1. The zero-order valence-electron chi connectivity index (χ0n) is 13.0. The molecule has 0 spiro atoms. The van der Waals surface area contributed by atoms with E-state index in [1.165, 1.54) is 5.56 Å². The van der Waals surface area contributed by atoms with E-state index in [0.29, 0.717) is 19.1 Å². The number of carbonyl (C=O) groups excluding carboxylic acids is 1. The van der Waals surface area contributed by atoms with Gasteiger partial charge in [-0.3, -0.25) is 4.79 Å². The summed E-state index contributed by atoms with van der Waals surface area (Å²) >= 11 is 0. The Morgan fingerprint density at radius 3 is 2.52 bits per heavy atom. The average molecular weight is 313 g/mol. The lowest BCUT2D eigenvalue weighted by Gasteiger charge is -2.33. The summed E-state index contributed by atoms with van der Waals surface area (Å²) in [6, 6.07) is 7.96. The minimum Gasteiger partial charge on any atom is -0.492 e. The molecule has 4 nitrogen and oxygen atoms in total. The Morgan fingerprint density at radius 1 is 1.38 bits per heavy atom. The van der Waals surface area contributed by atoms with E-state index in [1.807, 2.05) is 45.2 Å². The van der Waals surface area contributed by atoms with Gasteiger partial charge in [-0.25, -0.2) is 0 Å². The summed E-state index contributed by atoms with van der Waals surface area (Å²) < 4.78 is 5.66. The number of halogens is 1. The Kier molecular flexibility index (Phi) is 6.99. The number of amides is 1. The second kappa shape index (κ2) is 8.25. The zero-order chi connectivity index (χ0) is 14.5. The maximum atomic E-state index is 12.2. The Bertz CT molecular complexity index is 446. The van der Waals surface area contributed by atoms with Crippen molar-refractivity contribution in [1.29, 1.82) is 0 Å². The van der Waals surface area contributed by atoms with Gasteiger partial charge in [-0.1, -0.05) is 24.6 Å². The molecule has 1 amide bonds. The lowest BCUT2D eigenvalue weighted by atomic mass is 9.88. The molecule has 1 saturated heterocycles. The molecule has 1 aliphatic rings. The smallest absolute Gasteiger partial charge is 0.225 e. The van der Waals surface area contributed by atoms with Crippen molar-refractivity contribution in [3.05, 3.63) is 29.8 Å². The molecule has 1 atom stereocenters.